The summed E-state index contributed by atoms with van der Waals surface area (Å²) in [6, 6.07) is 2.89. The number of carbonyl (C=O) groups is 1. The molecule has 1 N–H and O–H groups in total. The van der Waals surface area contributed by atoms with Gasteiger partial charge in [0.1, 0.15) is 0 Å². The SMILES string of the molecule is Cc1c(C(=O)O)cc(Br)cc1S(=O)(=O)N1CCCC1. The van der Waals surface area contributed by atoms with Gasteiger partial charge in [-0.05, 0) is 37.5 Å². The van der Waals surface area contributed by atoms with E-state index in [-0.39, 0.29) is 16.0 Å². The molecular weight excluding hydrogens is 334 g/mol. The number of carboxylic acids is 1. The summed E-state index contributed by atoms with van der Waals surface area (Å²) in [5.41, 5.74) is 0.287. The predicted molar refractivity (Wildman–Crippen MR) is 73.8 cm³/mol. The second-order valence-corrected chi connectivity index (χ2v) is 7.31. The fourth-order valence-electron chi connectivity index (χ4n) is 2.21. The number of nitrogens with zero attached hydrogens (tertiary/aromatic N) is 1. The maximum Gasteiger partial charge on any atom is 0.336 e. The van der Waals surface area contributed by atoms with Crippen LogP contribution >= 0.6 is 15.9 Å². The summed E-state index contributed by atoms with van der Waals surface area (Å²) in [7, 11) is -3.61. The highest BCUT2D eigenvalue weighted by atomic mass is 79.9. The van der Waals surface area contributed by atoms with E-state index >= 15 is 0 Å². The normalized spacial score (nSPS) is 16.7. The first-order chi connectivity index (χ1) is 8.84. The molecule has 0 aromatic heterocycles. The molecule has 0 unspecified atom stereocenters. The third-order valence-electron chi connectivity index (χ3n) is 3.24. The summed E-state index contributed by atoms with van der Waals surface area (Å²) >= 11 is 3.17. The molecule has 1 saturated heterocycles. The van der Waals surface area contributed by atoms with Crippen LogP contribution in [0.2, 0.25) is 0 Å². The Morgan fingerprint density at radius 3 is 2.42 bits per heavy atom. The second-order valence-electron chi connectivity index (χ2n) is 4.49. The highest BCUT2D eigenvalue weighted by Gasteiger charge is 2.30. The van der Waals surface area contributed by atoms with Gasteiger partial charge in [0.25, 0.3) is 0 Å². The van der Waals surface area contributed by atoms with Gasteiger partial charge in [-0.25, -0.2) is 13.2 Å². The first-order valence-corrected chi connectivity index (χ1v) is 8.11. The summed E-state index contributed by atoms with van der Waals surface area (Å²) in [4.78, 5) is 11.2. The molecule has 1 aliphatic heterocycles. The first-order valence-electron chi connectivity index (χ1n) is 5.87. The Balaban J connectivity index is 2.59. The zero-order chi connectivity index (χ0) is 14.2. The lowest BCUT2D eigenvalue weighted by atomic mass is 10.1. The smallest absolute Gasteiger partial charge is 0.336 e. The number of halogens is 1. The molecule has 0 amide bonds. The summed E-state index contributed by atoms with van der Waals surface area (Å²) in [6.07, 6.45) is 1.69. The van der Waals surface area contributed by atoms with E-state index < -0.39 is 16.0 Å². The van der Waals surface area contributed by atoms with Crippen molar-refractivity contribution in [3.05, 3.63) is 27.7 Å². The van der Waals surface area contributed by atoms with Crippen LogP contribution in [0.5, 0.6) is 0 Å². The summed E-state index contributed by atoms with van der Waals surface area (Å²) in [5, 5.41) is 9.12. The van der Waals surface area contributed by atoms with Gasteiger partial charge in [0.15, 0.2) is 0 Å². The highest BCUT2D eigenvalue weighted by Crippen LogP contribution is 2.29. The van der Waals surface area contributed by atoms with Crippen LogP contribution in [0.15, 0.2) is 21.5 Å². The van der Waals surface area contributed by atoms with Crippen LogP contribution in [-0.4, -0.2) is 36.9 Å². The molecule has 0 aliphatic carbocycles. The van der Waals surface area contributed by atoms with Crippen molar-refractivity contribution in [3.8, 4) is 0 Å². The number of aromatic carboxylic acids is 1. The molecule has 0 bridgehead atoms. The predicted octanol–water partition coefficient (Wildman–Crippen LogP) is 2.24. The zero-order valence-corrected chi connectivity index (χ0v) is 12.8. The molecule has 0 radical (unpaired) electrons. The average molecular weight is 348 g/mol. The largest absolute Gasteiger partial charge is 0.478 e. The molecule has 1 aromatic rings. The first kappa shape index (κ1) is 14.5. The van der Waals surface area contributed by atoms with E-state index in [1.807, 2.05) is 0 Å². The van der Waals surface area contributed by atoms with E-state index in [4.69, 9.17) is 5.11 Å². The van der Waals surface area contributed by atoms with E-state index in [0.717, 1.165) is 12.8 Å². The molecule has 0 atom stereocenters. The number of hydrogen-bond donors (Lipinski definition) is 1. The van der Waals surface area contributed by atoms with E-state index in [1.54, 1.807) is 0 Å². The van der Waals surface area contributed by atoms with Crippen LogP contribution in [-0.2, 0) is 10.0 Å². The van der Waals surface area contributed by atoms with E-state index in [2.05, 4.69) is 15.9 Å². The molecule has 5 nitrogen and oxygen atoms in total. The van der Waals surface area contributed by atoms with Crippen molar-refractivity contribution in [2.75, 3.05) is 13.1 Å². The molecule has 1 fully saturated rings. The molecule has 2 rings (SSSR count). The standard InChI is InChI=1S/C12H14BrNO4S/c1-8-10(12(15)16)6-9(13)7-11(8)19(17,18)14-4-2-3-5-14/h6-7H,2-5H2,1H3,(H,15,16). The van der Waals surface area contributed by atoms with E-state index in [0.29, 0.717) is 17.6 Å². The molecule has 1 heterocycles. The third-order valence-corrected chi connectivity index (χ3v) is 5.72. The lowest BCUT2D eigenvalue weighted by Crippen LogP contribution is -2.28. The minimum absolute atomic E-state index is 0.00662. The molecule has 7 heteroatoms. The molecule has 104 valence electrons. The van der Waals surface area contributed by atoms with Crippen molar-refractivity contribution in [2.24, 2.45) is 0 Å². The molecule has 0 saturated carbocycles. The Labute approximate surface area is 120 Å². The van der Waals surface area contributed by atoms with E-state index in [1.165, 1.54) is 23.4 Å². The maximum absolute atomic E-state index is 12.5. The van der Waals surface area contributed by atoms with Gasteiger partial charge in [-0.15, -0.1) is 0 Å². The van der Waals surface area contributed by atoms with Crippen LogP contribution in [0, 0.1) is 6.92 Å². The van der Waals surface area contributed by atoms with E-state index in [9.17, 15) is 13.2 Å². The van der Waals surface area contributed by atoms with Crippen molar-refractivity contribution in [1.29, 1.82) is 0 Å². The van der Waals surface area contributed by atoms with Crippen molar-refractivity contribution in [1.82, 2.24) is 4.31 Å². The topological polar surface area (TPSA) is 74.7 Å². The number of carboxylic acid groups (broad SMARTS) is 1. The van der Waals surface area contributed by atoms with Gasteiger partial charge in [0.2, 0.25) is 10.0 Å². The van der Waals surface area contributed by atoms with Crippen LogP contribution in [0.25, 0.3) is 0 Å². The minimum atomic E-state index is -3.61. The van der Waals surface area contributed by atoms with Crippen LogP contribution in [0.3, 0.4) is 0 Å². The number of rotatable bonds is 3. The Bertz CT molecular complexity index is 621. The lowest BCUT2D eigenvalue weighted by Gasteiger charge is -2.18. The molecular formula is C12H14BrNO4S. The van der Waals surface area contributed by atoms with Gasteiger partial charge in [-0.2, -0.15) is 4.31 Å². The molecule has 1 aliphatic rings. The lowest BCUT2D eigenvalue weighted by molar-refractivity contribution is 0.0695. The third kappa shape index (κ3) is 2.68. The highest BCUT2D eigenvalue weighted by molar-refractivity contribution is 9.10. The van der Waals surface area contributed by atoms with Crippen molar-refractivity contribution < 1.29 is 18.3 Å². The molecule has 1 aromatic carbocycles. The Kier molecular flexibility index (Phi) is 3.98. The van der Waals surface area contributed by atoms with Gasteiger partial charge in [-0.3, -0.25) is 0 Å². The number of sulfonamides is 1. The van der Waals surface area contributed by atoms with Gasteiger partial charge >= 0.3 is 5.97 Å². The number of benzene rings is 1. The fraction of sp³-hybridized carbons (Fsp3) is 0.417. The second kappa shape index (κ2) is 5.22. The minimum Gasteiger partial charge on any atom is -0.478 e. The Morgan fingerprint density at radius 2 is 1.89 bits per heavy atom. The fourth-order valence-corrected chi connectivity index (χ4v) is 4.61. The monoisotopic (exact) mass is 347 g/mol. The van der Waals surface area contributed by atoms with Crippen LogP contribution in [0.4, 0.5) is 0 Å². The van der Waals surface area contributed by atoms with Crippen molar-refractivity contribution >= 4 is 31.9 Å². The summed E-state index contributed by atoms with van der Waals surface area (Å²) in [5.74, 6) is -1.13. The quantitative estimate of drug-likeness (QED) is 0.909. The van der Waals surface area contributed by atoms with Crippen molar-refractivity contribution in [2.45, 2.75) is 24.7 Å². The molecule has 0 spiro atoms. The van der Waals surface area contributed by atoms with Gasteiger partial charge < -0.3 is 5.11 Å². The van der Waals surface area contributed by atoms with Crippen LogP contribution in [0.1, 0.15) is 28.8 Å². The van der Waals surface area contributed by atoms with Crippen molar-refractivity contribution in [3.63, 3.8) is 0 Å². The Hall–Kier alpha value is -0.920. The van der Waals surface area contributed by atoms with Crippen LogP contribution < -0.4 is 0 Å². The van der Waals surface area contributed by atoms with Gasteiger partial charge in [-0.1, -0.05) is 15.9 Å². The summed E-state index contributed by atoms with van der Waals surface area (Å²) < 4.78 is 26.9. The average Bonchev–Trinajstić information content (AvgIpc) is 2.85. The zero-order valence-electron chi connectivity index (χ0n) is 10.4. The number of hydrogen-bond acceptors (Lipinski definition) is 3. The Morgan fingerprint density at radius 1 is 1.32 bits per heavy atom. The van der Waals surface area contributed by atoms with Gasteiger partial charge in [0, 0.05) is 17.6 Å². The molecule has 19 heavy (non-hydrogen) atoms. The summed E-state index contributed by atoms with van der Waals surface area (Å²) in [6.45, 7) is 2.52. The van der Waals surface area contributed by atoms with Gasteiger partial charge in [0.05, 0.1) is 10.5 Å². The maximum atomic E-state index is 12.5.